The van der Waals surface area contributed by atoms with E-state index in [1.54, 1.807) is 0 Å². The molecule has 7 heteroatoms. The summed E-state index contributed by atoms with van der Waals surface area (Å²) in [5.74, 6) is 0. The zero-order valence-electron chi connectivity index (χ0n) is 3.50. The Bertz CT molecular complexity index is 23.6. The molecule has 48 valence electrons. The molecule has 0 spiro atoms. The molecule has 0 aromatic carbocycles. The minimum absolute atomic E-state index is 0. The summed E-state index contributed by atoms with van der Waals surface area (Å²) in [6.45, 7) is 0. The Morgan fingerprint density at radius 2 is 0.857 bits per heavy atom. The van der Waals surface area contributed by atoms with Gasteiger partial charge in [0.15, 0.2) is 0 Å². The second-order valence-electron chi connectivity index (χ2n) is 0.600. The van der Waals surface area contributed by atoms with E-state index in [1.165, 1.54) is 0 Å². The van der Waals surface area contributed by atoms with Crippen molar-refractivity contribution in [2.45, 2.75) is 0 Å². The summed E-state index contributed by atoms with van der Waals surface area (Å²) in [6.07, 6.45) is 0. The van der Waals surface area contributed by atoms with Crippen LogP contribution in [0.3, 0.4) is 0 Å². The molecule has 0 radical (unpaired) electrons. The molecule has 6 N–H and O–H groups in total. The molecule has 7 heavy (non-hydrogen) atoms. The van der Waals surface area contributed by atoms with Crippen LogP contribution >= 0.6 is 0 Å². The Kier molecular flexibility index (Phi) is 11.3. The van der Waals surface area contributed by atoms with Crippen molar-refractivity contribution in [2.75, 3.05) is 0 Å². The second kappa shape index (κ2) is 5.04. The average Bonchev–Trinajstić information content (AvgIpc) is 0.722. The van der Waals surface area contributed by atoms with E-state index in [1.807, 2.05) is 0 Å². The van der Waals surface area contributed by atoms with Gasteiger partial charge >= 0.3 is 35.3 Å². The first kappa shape index (κ1) is 15.7. The van der Waals surface area contributed by atoms with Crippen molar-refractivity contribution < 1.29 is 24.7 Å². The number of hydrogen-bond acceptors (Lipinski definition) is 4. The van der Waals surface area contributed by atoms with Crippen molar-refractivity contribution in [1.29, 1.82) is 0 Å². The van der Waals surface area contributed by atoms with E-state index >= 15 is 0 Å². The maximum absolute atomic E-state index is 7.33. The van der Waals surface area contributed by atoms with Crippen LogP contribution in [0, 0.1) is 0 Å². The summed E-state index contributed by atoms with van der Waals surface area (Å²) in [5, 5.41) is 0. The van der Waals surface area contributed by atoms with Gasteiger partial charge in [-0.1, -0.05) is 0 Å². The van der Waals surface area contributed by atoms with E-state index in [0.717, 1.165) is 0 Å². The molecule has 0 aromatic heterocycles. The van der Waals surface area contributed by atoms with E-state index < -0.39 is 9.05 Å². The van der Waals surface area contributed by atoms with Gasteiger partial charge in [-0.2, -0.15) is 0 Å². The van der Waals surface area contributed by atoms with Gasteiger partial charge in [-0.25, -0.2) is 0 Å². The molecular formula is H9BiO5Si. The van der Waals surface area contributed by atoms with Crippen LogP contribution in [0.1, 0.15) is 0 Å². The Hall–Kier alpha value is 0.900. The van der Waals surface area contributed by atoms with Crippen LogP contribution in [0.5, 0.6) is 0 Å². The average molecular weight is 326 g/mol. The third-order valence-corrected chi connectivity index (χ3v) is 0. The first-order chi connectivity index (χ1) is 2.00. The van der Waals surface area contributed by atoms with Crippen molar-refractivity contribution in [3.05, 3.63) is 0 Å². The van der Waals surface area contributed by atoms with E-state index in [4.69, 9.17) is 19.2 Å². The summed E-state index contributed by atoms with van der Waals surface area (Å²) in [7, 11) is -4.61. The molecule has 0 saturated heterocycles. The first-order valence-corrected chi connectivity index (χ1v) is 2.68. The molecule has 0 amide bonds. The van der Waals surface area contributed by atoms with Gasteiger partial charge in [0.25, 0.3) is 0 Å². The molecule has 0 atom stereocenters. The zero-order chi connectivity index (χ0) is 4.50. The van der Waals surface area contributed by atoms with Crippen LogP contribution in [0.25, 0.3) is 0 Å². The van der Waals surface area contributed by atoms with E-state index in [9.17, 15) is 0 Å². The summed E-state index contributed by atoms with van der Waals surface area (Å²) in [5.41, 5.74) is 0. The molecule has 0 aromatic rings. The maximum atomic E-state index is 7.33. The summed E-state index contributed by atoms with van der Waals surface area (Å²) < 4.78 is 0. The molecule has 0 unspecified atom stereocenters. The first-order valence-electron chi connectivity index (χ1n) is 0.894. The third-order valence-electron chi connectivity index (χ3n) is 0. The Labute approximate surface area is 60.2 Å². The molecule has 0 aliphatic heterocycles. The van der Waals surface area contributed by atoms with Crippen LogP contribution in [0.15, 0.2) is 0 Å². The third kappa shape index (κ3) is 205. The monoisotopic (exact) mass is 326 g/mol. The van der Waals surface area contributed by atoms with Gasteiger partial charge < -0.3 is 24.7 Å². The predicted molar refractivity (Wildman–Crippen MR) is 28.2 cm³/mol. The number of rotatable bonds is 0. The molecular weight excluding hydrogens is 317 g/mol. The van der Waals surface area contributed by atoms with Gasteiger partial charge in [-0.05, 0) is 0 Å². The van der Waals surface area contributed by atoms with Gasteiger partial charge in [-0.15, -0.1) is 0 Å². The standard InChI is InChI=1S/Bi.H4O4Si.H2O.3H/c;1-5(2,3)4;;;;/h;1-4H;1H2;;;. The van der Waals surface area contributed by atoms with E-state index in [0.29, 0.717) is 0 Å². The van der Waals surface area contributed by atoms with Crippen molar-refractivity contribution in [1.82, 2.24) is 0 Å². The fourth-order valence-corrected chi connectivity index (χ4v) is 0. The Morgan fingerprint density at radius 3 is 0.857 bits per heavy atom. The quantitative estimate of drug-likeness (QED) is 0.336. The summed E-state index contributed by atoms with van der Waals surface area (Å²) in [6, 6.07) is 0. The van der Waals surface area contributed by atoms with Crippen molar-refractivity contribution in [3.8, 4) is 0 Å². The van der Waals surface area contributed by atoms with Gasteiger partial charge in [0.1, 0.15) is 0 Å². The topological polar surface area (TPSA) is 112 Å². The van der Waals surface area contributed by atoms with Crippen LogP contribution < -0.4 is 0 Å². The van der Waals surface area contributed by atoms with Crippen molar-refractivity contribution >= 4 is 35.3 Å². The fourth-order valence-electron chi connectivity index (χ4n) is 0. The van der Waals surface area contributed by atoms with Crippen molar-refractivity contribution in [2.24, 2.45) is 0 Å². The number of hydrogen-bond donors (Lipinski definition) is 4. The second-order valence-corrected chi connectivity index (χ2v) is 1.80. The van der Waals surface area contributed by atoms with Crippen molar-refractivity contribution in [3.63, 3.8) is 0 Å². The molecule has 0 aliphatic rings. The van der Waals surface area contributed by atoms with E-state index in [2.05, 4.69) is 0 Å². The minimum atomic E-state index is -4.61. The molecule has 5 nitrogen and oxygen atoms in total. The van der Waals surface area contributed by atoms with Crippen LogP contribution in [0.2, 0.25) is 0 Å². The molecule has 0 bridgehead atoms. The molecule has 0 fully saturated rings. The molecule has 0 aliphatic carbocycles. The SMILES string of the molecule is O.O[Si](O)(O)O.[BiH3]. The molecule has 0 heterocycles. The van der Waals surface area contributed by atoms with Crippen LogP contribution in [-0.2, 0) is 0 Å². The van der Waals surface area contributed by atoms with Crippen LogP contribution in [0.4, 0.5) is 0 Å². The van der Waals surface area contributed by atoms with Gasteiger partial charge in [-0.3, -0.25) is 0 Å². The zero-order valence-corrected chi connectivity index (χ0v) is 9.99. The van der Waals surface area contributed by atoms with Gasteiger partial charge in [0, 0.05) is 0 Å². The molecule has 0 rings (SSSR count). The Balaban J connectivity index is -0.0000000800. The Morgan fingerprint density at radius 1 is 0.857 bits per heavy atom. The van der Waals surface area contributed by atoms with Crippen LogP contribution in [-0.4, -0.2) is 59.9 Å². The molecule has 0 saturated carbocycles. The van der Waals surface area contributed by atoms with E-state index in [-0.39, 0.29) is 31.7 Å². The predicted octanol–water partition coefficient (Wildman–Crippen LogP) is -4.62. The normalized spacial score (nSPS) is 8.57. The fraction of sp³-hybridized carbons (Fsp3) is 0. The summed E-state index contributed by atoms with van der Waals surface area (Å²) in [4.78, 5) is 29.3. The van der Waals surface area contributed by atoms with Gasteiger partial charge in [0.2, 0.25) is 0 Å². The van der Waals surface area contributed by atoms with Gasteiger partial charge in [0.05, 0.1) is 0 Å². The summed E-state index contributed by atoms with van der Waals surface area (Å²) >= 11 is 0.